The zero-order valence-corrected chi connectivity index (χ0v) is 21.1. The molecule has 0 aromatic carbocycles. The fraction of sp³-hybridized carbons (Fsp3) is 1.00. The topological polar surface area (TPSA) is 276 Å². The van der Waals surface area contributed by atoms with Gasteiger partial charge in [0, 0.05) is 7.11 Å². The molecule has 1 rings (SSSR count). The molecule has 0 saturated carbocycles. The molecular weight excluding hydrogens is 539 g/mol. The summed E-state index contributed by atoms with van der Waals surface area (Å²) in [7, 11) is -21.1. The first-order chi connectivity index (χ1) is 12.8. The SMILES string of the molecule is CO[C@H]1O[C@H](COS(=O)(=O)[O-])[C@@H](OS(=O)(=O)O)[C@H](OS(=O)(=O)O)[C@H]1OS(=O)(=O)O.[K+]. The first-order valence-corrected chi connectivity index (χ1v) is 12.0. The Labute approximate surface area is 213 Å². The molecule has 0 bridgehead atoms. The Kier molecular flexibility index (Phi) is 11.8. The van der Waals surface area contributed by atoms with Crippen molar-refractivity contribution in [3.8, 4) is 0 Å². The summed E-state index contributed by atoms with van der Waals surface area (Å²) < 4.78 is 150. The van der Waals surface area contributed by atoms with Gasteiger partial charge in [-0.3, -0.25) is 17.8 Å². The second kappa shape index (κ2) is 11.4. The molecule has 3 N–H and O–H groups in total. The van der Waals surface area contributed by atoms with Gasteiger partial charge in [-0.1, -0.05) is 0 Å². The zero-order valence-electron chi connectivity index (χ0n) is 14.7. The monoisotopic (exact) mass is 552 g/mol. The van der Waals surface area contributed by atoms with Gasteiger partial charge in [0.1, 0.15) is 18.3 Å². The molecule has 23 heteroatoms. The van der Waals surface area contributed by atoms with Crippen LogP contribution in [0.15, 0.2) is 0 Å². The van der Waals surface area contributed by atoms with Crippen LogP contribution in [0.25, 0.3) is 0 Å². The van der Waals surface area contributed by atoms with E-state index in [1.54, 1.807) is 0 Å². The van der Waals surface area contributed by atoms with Gasteiger partial charge in [-0.05, 0) is 0 Å². The summed E-state index contributed by atoms with van der Waals surface area (Å²) in [5.41, 5.74) is 0. The van der Waals surface area contributed by atoms with Crippen LogP contribution in [0.4, 0.5) is 0 Å². The normalized spacial score (nSPS) is 28.6. The van der Waals surface area contributed by atoms with E-state index in [2.05, 4.69) is 21.5 Å². The molecule has 0 aliphatic carbocycles. The first kappa shape index (κ1) is 31.0. The van der Waals surface area contributed by atoms with Crippen LogP contribution in [-0.4, -0.2) is 96.3 Å². The minimum Gasteiger partial charge on any atom is -0.726 e. The molecular formula is C7H13KO18S4. The molecule has 1 aliphatic rings. The molecule has 0 aromatic rings. The van der Waals surface area contributed by atoms with Gasteiger partial charge in [0.25, 0.3) is 0 Å². The molecule has 1 aliphatic heterocycles. The maximum atomic E-state index is 11.1. The minimum absolute atomic E-state index is 0. The van der Waals surface area contributed by atoms with Gasteiger partial charge in [0.15, 0.2) is 12.4 Å². The molecule has 18 nitrogen and oxygen atoms in total. The van der Waals surface area contributed by atoms with Gasteiger partial charge >= 0.3 is 82.6 Å². The summed E-state index contributed by atoms with van der Waals surface area (Å²) >= 11 is 0. The fourth-order valence-electron chi connectivity index (χ4n) is 2.10. The van der Waals surface area contributed by atoms with Crippen LogP contribution in [0.1, 0.15) is 0 Å². The predicted molar refractivity (Wildman–Crippen MR) is 80.6 cm³/mol. The predicted octanol–water partition coefficient (Wildman–Crippen LogP) is -6.60. The van der Waals surface area contributed by atoms with Crippen molar-refractivity contribution in [2.75, 3.05) is 13.7 Å². The molecule has 1 saturated heterocycles. The third kappa shape index (κ3) is 11.8. The van der Waals surface area contributed by atoms with Crippen LogP contribution in [0.5, 0.6) is 0 Å². The Bertz CT molecular complexity index is 983. The molecule has 1 heterocycles. The Balaban J connectivity index is 0.00000841. The molecule has 30 heavy (non-hydrogen) atoms. The number of methoxy groups -OCH3 is 1. The summed E-state index contributed by atoms with van der Waals surface area (Å²) in [6.45, 7) is -1.39. The Morgan fingerprint density at radius 2 is 1.20 bits per heavy atom. The molecule has 0 radical (unpaired) electrons. The summed E-state index contributed by atoms with van der Waals surface area (Å²) in [6, 6.07) is 0. The van der Waals surface area contributed by atoms with E-state index in [4.69, 9.17) is 18.4 Å². The van der Waals surface area contributed by atoms with Crippen LogP contribution in [0.3, 0.4) is 0 Å². The van der Waals surface area contributed by atoms with Crippen LogP contribution < -0.4 is 51.4 Å². The zero-order chi connectivity index (χ0) is 22.8. The quantitative estimate of drug-likeness (QED) is 0.129. The van der Waals surface area contributed by atoms with Gasteiger partial charge < -0.3 is 14.0 Å². The van der Waals surface area contributed by atoms with E-state index in [1.807, 2.05) is 0 Å². The van der Waals surface area contributed by atoms with E-state index in [-0.39, 0.29) is 51.4 Å². The smallest absolute Gasteiger partial charge is 0.726 e. The van der Waals surface area contributed by atoms with Gasteiger partial charge in [-0.25, -0.2) is 21.0 Å². The molecule has 0 unspecified atom stereocenters. The van der Waals surface area contributed by atoms with E-state index >= 15 is 0 Å². The van der Waals surface area contributed by atoms with Crippen LogP contribution in [0, 0.1) is 0 Å². The van der Waals surface area contributed by atoms with E-state index in [1.165, 1.54) is 0 Å². The van der Waals surface area contributed by atoms with Crippen molar-refractivity contribution < 1.29 is 129 Å². The largest absolute Gasteiger partial charge is 1.00 e. The van der Waals surface area contributed by atoms with Gasteiger partial charge in [0.05, 0.1) is 6.61 Å². The standard InChI is InChI=1S/C7H14O18S4.K/c1-20-7-6(25-29(17,18)19)5(24-28(14,15)16)4(23-27(11,12)13)3(22-7)2-21-26(8,9)10;/h3-7H,2H2,1H3,(H,8,9,10)(H,11,12,13)(H,14,15,16)(H,17,18,19);/q;+1/p-1/t3-,4-,5+,6-,7+;/m1./s1. The van der Waals surface area contributed by atoms with Crippen molar-refractivity contribution >= 4 is 41.6 Å². The van der Waals surface area contributed by atoms with Crippen molar-refractivity contribution in [2.45, 2.75) is 30.7 Å². The minimum atomic E-state index is -5.54. The molecule has 0 aromatic heterocycles. The average Bonchev–Trinajstić information content (AvgIpc) is 2.44. The molecule has 0 amide bonds. The van der Waals surface area contributed by atoms with Crippen molar-refractivity contribution in [3.05, 3.63) is 0 Å². The molecule has 5 atom stereocenters. The van der Waals surface area contributed by atoms with Crippen molar-refractivity contribution in [2.24, 2.45) is 0 Å². The molecule has 0 spiro atoms. The second-order valence-electron chi connectivity index (χ2n) is 4.94. The fourth-order valence-corrected chi connectivity index (χ4v) is 3.90. The first-order valence-electron chi connectivity index (χ1n) is 6.57. The average molecular weight is 553 g/mol. The van der Waals surface area contributed by atoms with Crippen LogP contribution in [-0.2, 0) is 67.8 Å². The van der Waals surface area contributed by atoms with Gasteiger partial charge in [0.2, 0.25) is 10.4 Å². The Hall–Kier alpha value is 1.04. The third-order valence-corrected chi connectivity index (χ3v) is 4.72. The summed E-state index contributed by atoms with van der Waals surface area (Å²) in [5.74, 6) is 0. The maximum absolute atomic E-state index is 11.1. The van der Waals surface area contributed by atoms with Crippen molar-refractivity contribution in [1.29, 1.82) is 0 Å². The van der Waals surface area contributed by atoms with Gasteiger partial charge in [-0.15, -0.1) is 0 Å². The van der Waals surface area contributed by atoms with Crippen molar-refractivity contribution in [1.82, 2.24) is 0 Å². The maximum Gasteiger partial charge on any atom is 1.00 e. The second-order valence-corrected chi connectivity index (χ2v) is 9.13. The van der Waals surface area contributed by atoms with Crippen molar-refractivity contribution in [3.63, 3.8) is 0 Å². The van der Waals surface area contributed by atoms with E-state index in [0.717, 1.165) is 7.11 Å². The number of hydrogen-bond donors (Lipinski definition) is 3. The summed E-state index contributed by atoms with van der Waals surface area (Å²) in [5, 5.41) is 0. The molecule has 1 fully saturated rings. The summed E-state index contributed by atoms with van der Waals surface area (Å²) in [4.78, 5) is 0. The number of rotatable bonds is 10. The Morgan fingerprint density at radius 1 is 0.800 bits per heavy atom. The van der Waals surface area contributed by atoms with E-state index in [9.17, 15) is 38.2 Å². The van der Waals surface area contributed by atoms with E-state index in [0.29, 0.717) is 0 Å². The molecule has 174 valence electrons. The van der Waals surface area contributed by atoms with Gasteiger partial charge in [-0.2, -0.15) is 25.3 Å². The number of hydrogen-bond acceptors (Lipinski definition) is 15. The number of ether oxygens (including phenoxy) is 2. The van der Waals surface area contributed by atoms with E-state index < -0.39 is 78.9 Å². The van der Waals surface area contributed by atoms with Crippen LogP contribution >= 0.6 is 0 Å². The Morgan fingerprint density at radius 3 is 1.57 bits per heavy atom. The summed E-state index contributed by atoms with van der Waals surface area (Å²) in [6.07, 6.45) is -11.8. The third-order valence-electron chi connectivity index (χ3n) is 2.90. The van der Waals surface area contributed by atoms with Crippen LogP contribution in [0.2, 0.25) is 0 Å².